The second kappa shape index (κ2) is 5.28. The monoisotopic (exact) mass is 249 g/mol. The van der Waals surface area contributed by atoms with Crippen LogP contribution in [0.4, 0.5) is 0 Å². The molecule has 1 nitrogen and oxygen atoms in total. The van der Waals surface area contributed by atoms with Crippen LogP contribution in [0.15, 0.2) is 48.5 Å². The Kier molecular flexibility index (Phi) is 3.76. The summed E-state index contributed by atoms with van der Waals surface area (Å²) in [5.41, 5.74) is 0.910. The van der Waals surface area contributed by atoms with Crippen molar-refractivity contribution in [3.63, 3.8) is 0 Å². The van der Waals surface area contributed by atoms with Crippen LogP contribution in [0.1, 0.15) is 0 Å². The predicted molar refractivity (Wildman–Crippen MR) is 68.9 cm³/mol. The van der Waals surface area contributed by atoms with Gasteiger partial charge in [0.25, 0.3) is 0 Å². The predicted octanol–water partition coefficient (Wildman–Crippen LogP) is 3.32. The largest absolute Gasteiger partial charge is 0.558 e. The minimum absolute atomic E-state index is 0.650. The number of halogens is 2. The normalized spacial score (nSPS) is 9.88. The lowest BCUT2D eigenvalue weighted by Crippen LogP contribution is -2.19. The first-order valence-electron chi connectivity index (χ1n) is 4.75. The molecule has 2 rings (SSSR count). The van der Waals surface area contributed by atoms with E-state index in [0.29, 0.717) is 15.8 Å². The SMILES string of the molecule is Clc1cccc([B]Oc2cccc(Cl)c2)c1. The van der Waals surface area contributed by atoms with E-state index in [1.165, 1.54) is 0 Å². The van der Waals surface area contributed by atoms with Crippen molar-refractivity contribution in [1.29, 1.82) is 0 Å². The summed E-state index contributed by atoms with van der Waals surface area (Å²) in [5.74, 6) is 0.701. The zero-order valence-corrected chi connectivity index (χ0v) is 9.87. The van der Waals surface area contributed by atoms with Gasteiger partial charge in [0.05, 0.1) is 0 Å². The average Bonchev–Trinajstić information content (AvgIpc) is 2.27. The van der Waals surface area contributed by atoms with Crippen LogP contribution in [0.3, 0.4) is 0 Å². The highest BCUT2D eigenvalue weighted by Gasteiger charge is 2.01. The average molecular weight is 250 g/mol. The third-order valence-corrected chi connectivity index (χ3v) is 2.45. The third kappa shape index (κ3) is 3.19. The fourth-order valence-corrected chi connectivity index (χ4v) is 1.64. The lowest BCUT2D eigenvalue weighted by Gasteiger charge is -2.05. The van der Waals surface area contributed by atoms with E-state index in [9.17, 15) is 0 Å². The minimum atomic E-state index is 0.650. The molecule has 0 N–H and O–H groups in total. The maximum atomic E-state index is 5.86. The molecule has 0 fully saturated rings. The van der Waals surface area contributed by atoms with Crippen molar-refractivity contribution in [1.82, 2.24) is 0 Å². The molecular formula is C12H8BCl2O. The first-order chi connectivity index (χ1) is 7.74. The standard InChI is InChI=1S/C12H8BCl2O/c14-10-4-1-3-9(7-10)13-16-12-6-2-5-11(15)8-12/h1-8H. The van der Waals surface area contributed by atoms with Crippen LogP contribution in [-0.2, 0) is 0 Å². The lowest BCUT2D eigenvalue weighted by atomic mass is 9.88. The molecule has 0 unspecified atom stereocenters. The van der Waals surface area contributed by atoms with Gasteiger partial charge in [-0.25, -0.2) is 0 Å². The summed E-state index contributed by atoms with van der Waals surface area (Å²) < 4.78 is 5.46. The van der Waals surface area contributed by atoms with Crippen molar-refractivity contribution < 1.29 is 4.65 Å². The van der Waals surface area contributed by atoms with Gasteiger partial charge < -0.3 is 4.65 Å². The Morgan fingerprint density at radius 3 is 2.25 bits per heavy atom. The maximum Gasteiger partial charge on any atom is 0.408 e. The second-order valence-electron chi connectivity index (χ2n) is 3.25. The van der Waals surface area contributed by atoms with Crippen molar-refractivity contribution >= 4 is 36.1 Å². The Bertz CT molecular complexity index is 442. The second-order valence-corrected chi connectivity index (χ2v) is 4.12. The van der Waals surface area contributed by atoms with Gasteiger partial charge in [0, 0.05) is 10.0 Å². The van der Waals surface area contributed by atoms with Gasteiger partial charge in [0.1, 0.15) is 5.75 Å². The summed E-state index contributed by atoms with van der Waals surface area (Å²) in [5, 5.41) is 1.33. The van der Waals surface area contributed by atoms with Crippen LogP contribution in [0, 0.1) is 0 Å². The first kappa shape index (κ1) is 11.4. The fourth-order valence-electron chi connectivity index (χ4n) is 1.26. The zero-order valence-electron chi connectivity index (χ0n) is 8.36. The number of hydrogen-bond donors (Lipinski definition) is 0. The van der Waals surface area contributed by atoms with E-state index in [4.69, 9.17) is 27.9 Å². The van der Waals surface area contributed by atoms with E-state index >= 15 is 0 Å². The Balaban J connectivity index is 2.02. The minimum Gasteiger partial charge on any atom is -0.558 e. The van der Waals surface area contributed by atoms with Crippen LogP contribution in [0.25, 0.3) is 0 Å². The molecule has 79 valence electrons. The van der Waals surface area contributed by atoms with Crippen LogP contribution in [0.5, 0.6) is 5.75 Å². The van der Waals surface area contributed by atoms with E-state index in [2.05, 4.69) is 0 Å². The molecule has 2 aromatic rings. The summed E-state index contributed by atoms with van der Waals surface area (Å²) >= 11 is 11.7. The molecule has 0 aliphatic rings. The highest BCUT2D eigenvalue weighted by Crippen LogP contribution is 2.16. The molecule has 0 aromatic heterocycles. The summed E-state index contributed by atoms with van der Waals surface area (Å²) in [6, 6.07) is 14.7. The van der Waals surface area contributed by atoms with E-state index in [1.54, 1.807) is 19.6 Å². The van der Waals surface area contributed by atoms with Gasteiger partial charge in [-0.1, -0.05) is 41.4 Å². The molecule has 0 spiro atoms. The molecule has 1 radical (unpaired) electrons. The maximum absolute atomic E-state index is 5.86. The van der Waals surface area contributed by atoms with Crippen molar-refractivity contribution in [3.8, 4) is 5.75 Å². The molecule has 0 bridgehead atoms. The van der Waals surface area contributed by atoms with Gasteiger partial charge >= 0.3 is 7.48 Å². The third-order valence-electron chi connectivity index (χ3n) is 1.98. The van der Waals surface area contributed by atoms with Crippen LogP contribution >= 0.6 is 23.2 Å². The molecule has 4 heteroatoms. The van der Waals surface area contributed by atoms with E-state index < -0.39 is 0 Å². The summed E-state index contributed by atoms with van der Waals surface area (Å²) in [4.78, 5) is 0. The van der Waals surface area contributed by atoms with Gasteiger partial charge in [0.2, 0.25) is 0 Å². The van der Waals surface area contributed by atoms with Crippen molar-refractivity contribution in [2.75, 3.05) is 0 Å². The van der Waals surface area contributed by atoms with Gasteiger partial charge in [-0.05, 0) is 35.8 Å². The smallest absolute Gasteiger partial charge is 0.408 e. The van der Waals surface area contributed by atoms with Crippen LogP contribution in [0.2, 0.25) is 10.0 Å². The molecule has 0 aliphatic heterocycles. The van der Waals surface area contributed by atoms with E-state index in [1.807, 2.05) is 36.4 Å². The van der Waals surface area contributed by atoms with Crippen LogP contribution in [-0.4, -0.2) is 7.48 Å². The van der Waals surface area contributed by atoms with Gasteiger partial charge in [-0.2, -0.15) is 0 Å². The van der Waals surface area contributed by atoms with Crippen molar-refractivity contribution in [3.05, 3.63) is 58.6 Å². The van der Waals surface area contributed by atoms with Gasteiger partial charge in [0.15, 0.2) is 0 Å². The topological polar surface area (TPSA) is 9.23 Å². The highest BCUT2D eigenvalue weighted by atomic mass is 35.5. The Hall–Kier alpha value is -1.12. The molecule has 2 aromatic carbocycles. The molecule has 0 amide bonds. The first-order valence-corrected chi connectivity index (χ1v) is 5.51. The zero-order chi connectivity index (χ0) is 11.4. The lowest BCUT2D eigenvalue weighted by molar-refractivity contribution is 0.605. The molecule has 0 aliphatic carbocycles. The Morgan fingerprint density at radius 2 is 1.56 bits per heavy atom. The molecule has 0 saturated heterocycles. The molecular weight excluding hydrogens is 242 g/mol. The Morgan fingerprint density at radius 1 is 0.875 bits per heavy atom. The van der Waals surface area contributed by atoms with Gasteiger partial charge in [-0.15, -0.1) is 0 Å². The molecule has 0 atom stereocenters. The summed E-state index contributed by atoms with van der Waals surface area (Å²) in [6.45, 7) is 0. The molecule has 0 saturated carbocycles. The summed E-state index contributed by atoms with van der Waals surface area (Å²) in [7, 11) is 1.64. The molecule has 0 heterocycles. The summed E-state index contributed by atoms with van der Waals surface area (Å²) in [6.07, 6.45) is 0. The van der Waals surface area contributed by atoms with Gasteiger partial charge in [-0.3, -0.25) is 0 Å². The fraction of sp³-hybridized carbons (Fsp3) is 0. The number of benzene rings is 2. The van der Waals surface area contributed by atoms with Crippen LogP contribution < -0.4 is 10.1 Å². The van der Waals surface area contributed by atoms with E-state index in [0.717, 1.165) is 5.46 Å². The Labute approximate surface area is 105 Å². The highest BCUT2D eigenvalue weighted by molar-refractivity contribution is 6.48. The molecule has 16 heavy (non-hydrogen) atoms. The van der Waals surface area contributed by atoms with E-state index in [-0.39, 0.29) is 0 Å². The number of rotatable bonds is 3. The quantitative estimate of drug-likeness (QED) is 0.759. The van der Waals surface area contributed by atoms with Crippen molar-refractivity contribution in [2.45, 2.75) is 0 Å². The van der Waals surface area contributed by atoms with Crippen molar-refractivity contribution in [2.24, 2.45) is 0 Å². The number of hydrogen-bond acceptors (Lipinski definition) is 1.